The lowest BCUT2D eigenvalue weighted by Crippen LogP contribution is -2.53. The minimum atomic E-state index is -4.76. The molecule has 16 heteroatoms. The number of hydrazine groups is 1. The van der Waals surface area contributed by atoms with Crippen molar-refractivity contribution in [2.45, 2.75) is 36.8 Å². The third-order valence-electron chi connectivity index (χ3n) is 10.4. The number of aliphatic carboxylic acids is 1. The van der Waals surface area contributed by atoms with Crippen molar-refractivity contribution in [1.29, 1.82) is 0 Å². The first-order chi connectivity index (χ1) is 24.1. The van der Waals surface area contributed by atoms with Gasteiger partial charge < -0.3 is 10.2 Å². The van der Waals surface area contributed by atoms with Crippen LogP contribution in [0.15, 0.2) is 72.4 Å². The van der Waals surface area contributed by atoms with Crippen LogP contribution in [0.3, 0.4) is 0 Å². The lowest BCUT2D eigenvalue weighted by atomic mass is 9.49. The van der Waals surface area contributed by atoms with Crippen LogP contribution in [0.5, 0.6) is 5.75 Å². The fraction of sp³-hybridized carbons (Fsp3) is 0.314. The Morgan fingerprint density at radius 3 is 2.37 bits per heavy atom. The number of hydrogen-bond acceptors (Lipinski definition) is 8. The SMILES string of the molecule is O=C(O)CCN1C(=O)C2CC=C3C(CC4C(=O)N(Nc5ncc(C(F)(F)F)cc5Cl)C(=O)C4(c4ccc(Cl)cc4)C3c3cccc(O)c3)C2C1=O. The van der Waals surface area contributed by atoms with E-state index in [9.17, 15) is 42.6 Å². The third kappa shape index (κ3) is 5.43. The Morgan fingerprint density at radius 2 is 1.73 bits per heavy atom. The number of likely N-dealkylation sites (tertiary alicyclic amines) is 1. The maximum atomic E-state index is 15.1. The van der Waals surface area contributed by atoms with Gasteiger partial charge in [0.25, 0.3) is 11.8 Å². The number of benzene rings is 2. The van der Waals surface area contributed by atoms with Crippen LogP contribution in [0.1, 0.15) is 41.9 Å². The van der Waals surface area contributed by atoms with Crippen LogP contribution in [-0.2, 0) is 35.6 Å². The fourth-order valence-electron chi connectivity index (χ4n) is 8.36. The Balaban J connectivity index is 1.40. The molecule has 1 saturated carbocycles. The van der Waals surface area contributed by atoms with Crippen molar-refractivity contribution in [3.8, 4) is 5.75 Å². The first kappa shape index (κ1) is 34.5. The van der Waals surface area contributed by atoms with Crippen LogP contribution in [0.4, 0.5) is 19.0 Å². The van der Waals surface area contributed by atoms with E-state index in [1.807, 2.05) is 0 Å². The molecule has 0 bridgehead atoms. The van der Waals surface area contributed by atoms with Crippen LogP contribution < -0.4 is 5.43 Å². The molecule has 51 heavy (non-hydrogen) atoms. The second kappa shape index (κ2) is 12.4. The molecule has 2 saturated heterocycles. The molecule has 4 amide bonds. The van der Waals surface area contributed by atoms with Crippen molar-refractivity contribution >= 4 is 58.6 Å². The van der Waals surface area contributed by atoms with Crippen molar-refractivity contribution in [3.05, 3.63) is 99.2 Å². The highest BCUT2D eigenvalue weighted by molar-refractivity contribution is 6.33. The smallest absolute Gasteiger partial charge is 0.417 e. The number of imide groups is 2. The van der Waals surface area contributed by atoms with E-state index in [-0.39, 0.29) is 25.1 Å². The number of rotatable bonds is 7. The van der Waals surface area contributed by atoms with Crippen LogP contribution in [0, 0.1) is 23.7 Å². The minimum absolute atomic E-state index is 0.0938. The first-order valence-electron chi connectivity index (χ1n) is 15.8. The van der Waals surface area contributed by atoms with Crippen LogP contribution in [0.2, 0.25) is 10.0 Å². The fourth-order valence-corrected chi connectivity index (χ4v) is 8.69. The number of hydrogen-bond donors (Lipinski definition) is 3. The Morgan fingerprint density at radius 1 is 1.00 bits per heavy atom. The number of amides is 4. The number of carbonyl (C=O) groups excluding carboxylic acids is 4. The van der Waals surface area contributed by atoms with Gasteiger partial charge in [0.2, 0.25) is 11.8 Å². The average Bonchev–Trinajstić information content (AvgIpc) is 3.44. The number of halogens is 5. The van der Waals surface area contributed by atoms with Gasteiger partial charge in [-0.05, 0) is 60.2 Å². The molecular weight excluding hydrogens is 716 g/mol. The van der Waals surface area contributed by atoms with Crippen molar-refractivity contribution < 1.29 is 47.4 Å². The van der Waals surface area contributed by atoms with Crippen molar-refractivity contribution in [2.75, 3.05) is 12.0 Å². The van der Waals surface area contributed by atoms with Crippen LogP contribution in [-0.4, -0.2) is 61.2 Å². The number of carboxylic acid groups (broad SMARTS) is 1. The zero-order valence-electron chi connectivity index (χ0n) is 26.2. The largest absolute Gasteiger partial charge is 0.508 e. The van der Waals surface area contributed by atoms with Gasteiger partial charge in [-0.15, -0.1) is 0 Å². The number of carbonyl (C=O) groups is 5. The molecule has 0 radical (unpaired) electrons. The van der Waals surface area contributed by atoms with Gasteiger partial charge in [0, 0.05) is 23.7 Å². The summed E-state index contributed by atoms with van der Waals surface area (Å²) in [5, 5.41) is 20.4. The Bertz CT molecular complexity index is 2040. The normalized spacial score (nSPS) is 27.2. The standard InChI is InChI=1S/C35H27Cl2F3N4O7/c36-19-6-4-17(5-7-19)34-24(31(49)44(33(34)51)42-29-25(37)13-18(15-41-29)35(38,39)40)14-23-21(28(34)16-2-1-3-20(45)12-16)8-9-22-27(23)32(50)43(30(22)48)11-10-26(46)47/h1-8,12-13,15,22-24,27-28,45H,9-11,14H2,(H,41,42)(H,46,47). The summed E-state index contributed by atoms with van der Waals surface area (Å²) in [4.78, 5) is 73.1. The molecule has 3 N–H and O–H groups in total. The number of phenolic OH excluding ortho intramolecular Hbond substituents is 1. The number of fused-ring (bicyclic) bond motifs is 4. The number of aromatic nitrogens is 1. The van der Waals surface area contributed by atoms with E-state index in [1.54, 1.807) is 42.5 Å². The molecule has 6 unspecified atom stereocenters. The van der Waals surface area contributed by atoms with Crippen molar-refractivity contribution in [2.24, 2.45) is 23.7 Å². The molecule has 2 aliphatic heterocycles. The maximum absolute atomic E-state index is 15.1. The molecule has 3 fully saturated rings. The number of pyridine rings is 1. The van der Waals surface area contributed by atoms with E-state index in [0.29, 0.717) is 39.0 Å². The molecule has 2 aliphatic carbocycles. The Hall–Kier alpha value is -4.95. The van der Waals surface area contributed by atoms with E-state index < -0.39 is 93.6 Å². The summed E-state index contributed by atoms with van der Waals surface area (Å²) >= 11 is 12.4. The van der Waals surface area contributed by atoms with E-state index >= 15 is 4.79 Å². The van der Waals surface area contributed by atoms with Gasteiger partial charge in [0.05, 0.1) is 40.2 Å². The monoisotopic (exact) mass is 742 g/mol. The zero-order chi connectivity index (χ0) is 36.6. The lowest BCUT2D eigenvalue weighted by molar-refractivity contribution is -0.143. The molecule has 4 aliphatic rings. The van der Waals surface area contributed by atoms with Crippen molar-refractivity contribution in [1.82, 2.24) is 14.9 Å². The number of aromatic hydroxyl groups is 1. The molecule has 11 nitrogen and oxygen atoms in total. The molecular formula is C35H27Cl2F3N4O7. The number of carboxylic acids is 1. The van der Waals surface area contributed by atoms with Gasteiger partial charge in [-0.1, -0.05) is 59.1 Å². The van der Waals surface area contributed by atoms with Gasteiger partial charge in [-0.3, -0.25) is 34.3 Å². The summed E-state index contributed by atoms with van der Waals surface area (Å²) in [5.41, 5.74) is 0.994. The molecule has 0 spiro atoms. The summed E-state index contributed by atoms with van der Waals surface area (Å²) in [6.45, 7) is -0.327. The number of nitrogens with zero attached hydrogens (tertiary/aromatic N) is 3. The molecule has 2 aromatic carbocycles. The predicted molar refractivity (Wildman–Crippen MR) is 174 cm³/mol. The lowest BCUT2D eigenvalue weighted by Gasteiger charge is -2.50. The van der Waals surface area contributed by atoms with Gasteiger partial charge in [-0.2, -0.15) is 18.2 Å². The molecule has 3 heterocycles. The van der Waals surface area contributed by atoms with E-state index in [4.69, 9.17) is 23.2 Å². The minimum Gasteiger partial charge on any atom is -0.508 e. The molecule has 7 rings (SSSR count). The number of phenols is 1. The highest BCUT2D eigenvalue weighted by atomic mass is 35.5. The summed E-state index contributed by atoms with van der Waals surface area (Å²) in [6.07, 6.45) is -2.94. The summed E-state index contributed by atoms with van der Waals surface area (Å²) in [6, 6.07) is 13.0. The van der Waals surface area contributed by atoms with Crippen molar-refractivity contribution in [3.63, 3.8) is 0 Å². The molecule has 6 atom stereocenters. The van der Waals surface area contributed by atoms with Crippen LogP contribution >= 0.6 is 23.2 Å². The highest BCUT2D eigenvalue weighted by Crippen LogP contribution is 2.64. The van der Waals surface area contributed by atoms with E-state index in [2.05, 4.69) is 10.4 Å². The second-order valence-electron chi connectivity index (χ2n) is 13.0. The Labute approximate surface area is 297 Å². The first-order valence-corrected chi connectivity index (χ1v) is 16.6. The second-order valence-corrected chi connectivity index (χ2v) is 13.8. The summed E-state index contributed by atoms with van der Waals surface area (Å²) in [7, 11) is 0. The predicted octanol–water partition coefficient (Wildman–Crippen LogP) is 5.57. The van der Waals surface area contributed by atoms with E-state index in [0.717, 1.165) is 4.90 Å². The number of anilines is 1. The third-order valence-corrected chi connectivity index (χ3v) is 10.9. The number of alkyl halides is 3. The molecule has 264 valence electrons. The van der Waals surface area contributed by atoms with Gasteiger partial charge in [-0.25, -0.2) is 4.98 Å². The summed E-state index contributed by atoms with van der Waals surface area (Å²) < 4.78 is 40.1. The number of allylic oxidation sites excluding steroid dienone is 2. The highest BCUT2D eigenvalue weighted by Gasteiger charge is 2.70. The maximum Gasteiger partial charge on any atom is 0.417 e. The Kier molecular flexibility index (Phi) is 8.37. The van der Waals surface area contributed by atoms with Gasteiger partial charge in [0.1, 0.15) is 5.75 Å². The number of nitrogens with one attached hydrogen (secondary N) is 1. The van der Waals surface area contributed by atoms with Crippen LogP contribution in [0.25, 0.3) is 0 Å². The zero-order valence-corrected chi connectivity index (χ0v) is 27.7. The molecule has 3 aromatic rings. The van der Waals surface area contributed by atoms with Gasteiger partial charge in [0.15, 0.2) is 5.82 Å². The quantitative estimate of drug-likeness (QED) is 0.208. The topological polar surface area (TPSA) is 157 Å². The van der Waals surface area contributed by atoms with E-state index in [1.165, 1.54) is 12.1 Å². The molecule has 1 aromatic heterocycles. The average molecular weight is 744 g/mol. The van der Waals surface area contributed by atoms with Gasteiger partial charge >= 0.3 is 12.1 Å². The summed E-state index contributed by atoms with van der Waals surface area (Å²) in [5.74, 6) is -9.23.